The molecule has 1 aliphatic carbocycles. The lowest BCUT2D eigenvalue weighted by atomic mass is 10.1. The topological polar surface area (TPSA) is 68.2 Å². The van der Waals surface area contributed by atoms with Gasteiger partial charge in [-0.25, -0.2) is 0 Å². The summed E-state index contributed by atoms with van der Waals surface area (Å²) in [5, 5.41) is 3.92. The van der Waals surface area contributed by atoms with Gasteiger partial charge in [-0.3, -0.25) is 0 Å². The van der Waals surface area contributed by atoms with E-state index in [2.05, 4.69) is 10.1 Å². The number of anilines is 1. The fourth-order valence-corrected chi connectivity index (χ4v) is 1.58. The molecule has 2 N–H and O–H groups in total. The molecule has 5 heteroatoms. The Labute approximate surface area is 88.9 Å². The summed E-state index contributed by atoms with van der Waals surface area (Å²) in [4.78, 5) is 6.27. The summed E-state index contributed by atoms with van der Waals surface area (Å²) >= 11 is 0. The van der Waals surface area contributed by atoms with Crippen LogP contribution in [0.2, 0.25) is 0 Å². The molecule has 0 radical (unpaired) electrons. The van der Waals surface area contributed by atoms with Gasteiger partial charge < -0.3 is 15.2 Å². The monoisotopic (exact) mass is 208 g/mol. The molecule has 5 nitrogen and oxygen atoms in total. The Kier molecular flexibility index (Phi) is 2.73. The zero-order valence-corrected chi connectivity index (χ0v) is 9.05. The molecule has 0 aliphatic heterocycles. The highest BCUT2D eigenvalue weighted by Crippen LogP contribution is 2.27. The molecule has 1 heterocycles. The van der Waals surface area contributed by atoms with E-state index >= 15 is 0 Å². The van der Waals surface area contributed by atoms with Gasteiger partial charge in [-0.2, -0.15) is 4.98 Å². The van der Waals surface area contributed by atoms with E-state index in [-0.39, 0.29) is 12.0 Å². The van der Waals surface area contributed by atoms with Crippen LogP contribution in [0.1, 0.15) is 25.2 Å². The summed E-state index contributed by atoms with van der Waals surface area (Å²) in [5.41, 5.74) is 5.77. The van der Waals surface area contributed by atoms with Crippen molar-refractivity contribution in [3.63, 3.8) is 0 Å². The summed E-state index contributed by atoms with van der Waals surface area (Å²) in [6, 6.07) is 0.120. The second-order valence-corrected chi connectivity index (χ2v) is 3.84. The highest BCUT2D eigenvalue weighted by molar-refractivity contribution is 5.27. The van der Waals surface area contributed by atoms with Crippen molar-refractivity contribution in [3.05, 3.63) is 18.0 Å². The number of aromatic nitrogens is 2. The third-order valence-corrected chi connectivity index (χ3v) is 2.68. The normalized spacial score (nSPS) is 24.7. The summed E-state index contributed by atoms with van der Waals surface area (Å²) in [6.45, 7) is 2.90. The standard InChI is InChI=1S/C10H16N4O/c1-3-14(2)10-12-9(15-13-10)7-4-5-8(11)6-7/h4-5,7-8H,3,6,11H2,1-2H3. The second-order valence-electron chi connectivity index (χ2n) is 3.84. The largest absolute Gasteiger partial charge is 0.342 e. The van der Waals surface area contributed by atoms with Crippen molar-refractivity contribution < 1.29 is 4.52 Å². The summed E-state index contributed by atoms with van der Waals surface area (Å²) in [6.07, 6.45) is 4.88. The summed E-state index contributed by atoms with van der Waals surface area (Å²) in [5.74, 6) is 1.49. The highest BCUT2D eigenvalue weighted by Gasteiger charge is 2.23. The van der Waals surface area contributed by atoms with E-state index in [0.29, 0.717) is 11.8 Å². The van der Waals surface area contributed by atoms with Gasteiger partial charge in [-0.15, -0.1) is 0 Å². The average molecular weight is 208 g/mol. The Morgan fingerprint density at radius 1 is 1.60 bits per heavy atom. The second kappa shape index (κ2) is 4.02. The SMILES string of the molecule is CCN(C)c1noc(C2C=CC(N)C2)n1. The molecular weight excluding hydrogens is 192 g/mol. The molecule has 1 aliphatic rings. The minimum absolute atomic E-state index is 0.120. The Hall–Kier alpha value is -1.36. The lowest BCUT2D eigenvalue weighted by molar-refractivity contribution is 0.364. The van der Waals surface area contributed by atoms with Crippen molar-refractivity contribution in [1.29, 1.82) is 0 Å². The maximum Gasteiger partial charge on any atom is 0.265 e. The Bertz CT molecular complexity index is 360. The molecule has 0 amide bonds. The number of hydrogen-bond donors (Lipinski definition) is 1. The highest BCUT2D eigenvalue weighted by atomic mass is 16.5. The molecule has 2 atom stereocenters. The molecule has 0 saturated heterocycles. The van der Waals surface area contributed by atoms with E-state index in [9.17, 15) is 0 Å². The van der Waals surface area contributed by atoms with Crippen LogP contribution in [-0.2, 0) is 0 Å². The molecule has 0 bridgehead atoms. The van der Waals surface area contributed by atoms with Gasteiger partial charge in [0.1, 0.15) is 0 Å². The van der Waals surface area contributed by atoms with Crippen LogP contribution in [0.4, 0.5) is 5.95 Å². The van der Waals surface area contributed by atoms with Crippen LogP contribution in [-0.4, -0.2) is 29.8 Å². The predicted molar refractivity (Wildman–Crippen MR) is 57.7 cm³/mol. The first-order valence-corrected chi connectivity index (χ1v) is 5.19. The first-order chi connectivity index (χ1) is 7.20. The Balaban J connectivity index is 2.10. The van der Waals surface area contributed by atoms with Gasteiger partial charge in [0.2, 0.25) is 5.89 Å². The van der Waals surface area contributed by atoms with Crippen molar-refractivity contribution in [2.24, 2.45) is 5.73 Å². The number of allylic oxidation sites excluding steroid dienone is 1. The van der Waals surface area contributed by atoms with Gasteiger partial charge in [-0.1, -0.05) is 12.2 Å². The van der Waals surface area contributed by atoms with E-state index in [1.165, 1.54) is 0 Å². The van der Waals surface area contributed by atoms with E-state index in [0.717, 1.165) is 13.0 Å². The first kappa shape index (κ1) is 10.2. The van der Waals surface area contributed by atoms with E-state index < -0.39 is 0 Å². The third kappa shape index (κ3) is 2.02. The summed E-state index contributed by atoms with van der Waals surface area (Å²) in [7, 11) is 1.94. The van der Waals surface area contributed by atoms with E-state index in [1.807, 2.05) is 31.0 Å². The van der Waals surface area contributed by atoms with Gasteiger partial charge in [0.25, 0.3) is 5.95 Å². The molecule has 1 aromatic heterocycles. The molecule has 0 spiro atoms. The Morgan fingerprint density at radius 2 is 2.40 bits per heavy atom. The minimum atomic E-state index is 0.120. The number of rotatable bonds is 3. The number of nitrogens with two attached hydrogens (primary N) is 1. The zero-order chi connectivity index (χ0) is 10.8. The lowest BCUT2D eigenvalue weighted by Gasteiger charge is -2.09. The van der Waals surface area contributed by atoms with Crippen LogP contribution in [0.3, 0.4) is 0 Å². The molecule has 0 saturated carbocycles. The van der Waals surface area contributed by atoms with Crippen LogP contribution in [0, 0.1) is 0 Å². The van der Waals surface area contributed by atoms with Gasteiger partial charge in [0.05, 0.1) is 5.92 Å². The van der Waals surface area contributed by atoms with Crippen LogP contribution in [0.25, 0.3) is 0 Å². The average Bonchev–Trinajstić information content (AvgIpc) is 2.84. The Morgan fingerprint density at radius 3 is 3.00 bits per heavy atom. The molecule has 2 unspecified atom stereocenters. The van der Waals surface area contributed by atoms with Gasteiger partial charge in [0, 0.05) is 19.6 Å². The number of hydrogen-bond acceptors (Lipinski definition) is 5. The van der Waals surface area contributed by atoms with E-state index in [1.54, 1.807) is 0 Å². The molecule has 2 rings (SSSR count). The maximum atomic E-state index is 5.77. The molecule has 0 aromatic carbocycles. The number of nitrogens with zero attached hydrogens (tertiary/aromatic N) is 3. The van der Waals surface area contributed by atoms with Crippen LogP contribution >= 0.6 is 0 Å². The minimum Gasteiger partial charge on any atom is -0.342 e. The van der Waals surface area contributed by atoms with E-state index in [4.69, 9.17) is 10.3 Å². The molecule has 82 valence electrons. The smallest absolute Gasteiger partial charge is 0.265 e. The van der Waals surface area contributed by atoms with Crippen LogP contribution in [0.15, 0.2) is 16.7 Å². The van der Waals surface area contributed by atoms with Crippen molar-refractivity contribution in [3.8, 4) is 0 Å². The lowest BCUT2D eigenvalue weighted by Crippen LogP contribution is -2.17. The van der Waals surface area contributed by atoms with Crippen LogP contribution < -0.4 is 10.6 Å². The molecule has 1 aromatic rings. The van der Waals surface area contributed by atoms with Crippen molar-refractivity contribution >= 4 is 5.95 Å². The fourth-order valence-electron chi connectivity index (χ4n) is 1.58. The molecule has 15 heavy (non-hydrogen) atoms. The molecule has 0 fully saturated rings. The van der Waals surface area contributed by atoms with Gasteiger partial charge >= 0.3 is 0 Å². The molecular formula is C10H16N4O. The summed E-state index contributed by atoms with van der Waals surface area (Å²) < 4.78 is 5.21. The van der Waals surface area contributed by atoms with Crippen molar-refractivity contribution in [1.82, 2.24) is 10.1 Å². The predicted octanol–water partition coefficient (Wildman–Crippen LogP) is 0.897. The van der Waals surface area contributed by atoms with Gasteiger partial charge in [-0.05, 0) is 18.5 Å². The van der Waals surface area contributed by atoms with Crippen LogP contribution in [0.5, 0.6) is 0 Å². The zero-order valence-electron chi connectivity index (χ0n) is 9.05. The first-order valence-electron chi connectivity index (χ1n) is 5.19. The van der Waals surface area contributed by atoms with Crippen molar-refractivity contribution in [2.75, 3.05) is 18.5 Å². The fraction of sp³-hybridized carbons (Fsp3) is 0.600. The maximum absolute atomic E-state index is 5.77. The van der Waals surface area contributed by atoms with Crippen molar-refractivity contribution in [2.45, 2.75) is 25.3 Å². The quantitative estimate of drug-likeness (QED) is 0.747. The third-order valence-electron chi connectivity index (χ3n) is 2.68. The van der Waals surface area contributed by atoms with Gasteiger partial charge in [0.15, 0.2) is 0 Å².